The maximum Gasteiger partial charge on any atom is 0.271 e. The van der Waals surface area contributed by atoms with Gasteiger partial charge in [0.05, 0.1) is 22.8 Å². The van der Waals surface area contributed by atoms with Crippen molar-refractivity contribution in [3.05, 3.63) is 102 Å². The Hall–Kier alpha value is -4.50. The molecule has 0 spiro atoms. The molecule has 1 aliphatic rings. The molecule has 186 valence electrons. The first kappa shape index (κ1) is 24.2. The summed E-state index contributed by atoms with van der Waals surface area (Å²) in [6, 6.07) is 24.8. The number of nitrogens with zero attached hydrogens (tertiary/aromatic N) is 2. The van der Waals surface area contributed by atoms with Gasteiger partial charge in [-0.05, 0) is 59.8 Å². The SMILES string of the molecule is CC(=O)Nc1cccc(C(C)=NNC(=O)c2ccc(CN3c4cccc5cccc(c45)S3(=O)=O)cc2)c1. The lowest BCUT2D eigenvalue weighted by atomic mass is 10.1. The van der Waals surface area contributed by atoms with Gasteiger partial charge in [0.15, 0.2) is 0 Å². The third kappa shape index (κ3) is 4.68. The van der Waals surface area contributed by atoms with Gasteiger partial charge < -0.3 is 5.32 Å². The lowest BCUT2D eigenvalue weighted by Crippen LogP contribution is -2.26. The summed E-state index contributed by atoms with van der Waals surface area (Å²) >= 11 is 0. The van der Waals surface area contributed by atoms with E-state index in [1.54, 1.807) is 61.5 Å². The summed E-state index contributed by atoms with van der Waals surface area (Å²) in [6.07, 6.45) is 0. The molecule has 0 saturated heterocycles. The van der Waals surface area contributed by atoms with E-state index in [-0.39, 0.29) is 12.5 Å². The number of amides is 2. The second-order valence-corrected chi connectivity index (χ2v) is 10.6. The number of sulfonamides is 1. The van der Waals surface area contributed by atoms with Crippen molar-refractivity contribution in [1.82, 2.24) is 5.43 Å². The van der Waals surface area contributed by atoms with Crippen LogP contribution in [0, 0.1) is 0 Å². The van der Waals surface area contributed by atoms with Crippen LogP contribution in [0.15, 0.2) is 94.9 Å². The highest BCUT2D eigenvalue weighted by molar-refractivity contribution is 7.93. The van der Waals surface area contributed by atoms with Crippen LogP contribution in [-0.4, -0.2) is 25.9 Å². The number of hydrogen-bond donors (Lipinski definition) is 2. The maximum atomic E-state index is 13.2. The summed E-state index contributed by atoms with van der Waals surface area (Å²) in [4.78, 5) is 24.2. The van der Waals surface area contributed by atoms with Gasteiger partial charge in [0.25, 0.3) is 15.9 Å². The van der Waals surface area contributed by atoms with Crippen molar-refractivity contribution in [2.45, 2.75) is 25.3 Å². The molecule has 4 aromatic carbocycles. The number of carbonyl (C=O) groups excluding carboxylic acids is 2. The summed E-state index contributed by atoms with van der Waals surface area (Å²) in [7, 11) is -3.66. The van der Waals surface area contributed by atoms with Gasteiger partial charge in [-0.25, -0.2) is 13.8 Å². The molecule has 0 fully saturated rings. The molecule has 8 nitrogen and oxygen atoms in total. The molecule has 0 atom stereocenters. The minimum atomic E-state index is -3.66. The zero-order valence-corrected chi connectivity index (χ0v) is 21.0. The molecule has 1 heterocycles. The Morgan fingerprint density at radius 3 is 2.30 bits per heavy atom. The monoisotopic (exact) mass is 512 g/mol. The minimum Gasteiger partial charge on any atom is -0.326 e. The van der Waals surface area contributed by atoms with Crippen molar-refractivity contribution in [3.63, 3.8) is 0 Å². The fraction of sp³-hybridized carbons (Fsp3) is 0.107. The van der Waals surface area contributed by atoms with Crippen LogP contribution in [-0.2, 0) is 21.4 Å². The van der Waals surface area contributed by atoms with Crippen molar-refractivity contribution in [3.8, 4) is 0 Å². The van der Waals surface area contributed by atoms with Crippen LogP contribution in [0.4, 0.5) is 11.4 Å². The molecule has 1 aliphatic heterocycles. The van der Waals surface area contributed by atoms with E-state index in [0.717, 1.165) is 21.9 Å². The van der Waals surface area contributed by atoms with Crippen LogP contribution in [0.3, 0.4) is 0 Å². The first-order valence-electron chi connectivity index (χ1n) is 11.6. The standard InChI is InChI=1S/C28H24N4O4S/c1-18(23-8-3-9-24(16-23)29-19(2)33)30-31-28(34)22-14-12-20(13-15-22)17-32-25-10-4-6-21-7-5-11-26(27(21)25)37(32,35)36/h3-16H,17H2,1-2H3,(H,29,33)(H,31,34). The minimum absolute atomic E-state index is 0.153. The third-order valence-corrected chi connectivity index (χ3v) is 7.95. The van der Waals surface area contributed by atoms with Gasteiger partial charge in [-0.2, -0.15) is 5.10 Å². The molecule has 0 radical (unpaired) electrons. The first-order valence-corrected chi connectivity index (χ1v) is 13.0. The fourth-order valence-corrected chi connectivity index (χ4v) is 6.04. The largest absolute Gasteiger partial charge is 0.326 e. The zero-order valence-electron chi connectivity index (χ0n) is 20.2. The van der Waals surface area contributed by atoms with Gasteiger partial charge >= 0.3 is 0 Å². The number of hydrazone groups is 1. The number of nitrogens with one attached hydrogen (secondary N) is 2. The predicted molar refractivity (Wildman–Crippen MR) is 144 cm³/mol. The maximum absolute atomic E-state index is 13.2. The molecule has 0 bridgehead atoms. The third-order valence-electron chi connectivity index (χ3n) is 6.15. The molecule has 9 heteroatoms. The van der Waals surface area contributed by atoms with E-state index < -0.39 is 15.9 Å². The molecule has 2 N–H and O–H groups in total. The van der Waals surface area contributed by atoms with Crippen LogP contribution in [0.5, 0.6) is 0 Å². The second-order valence-electron chi connectivity index (χ2n) is 8.74. The van der Waals surface area contributed by atoms with Crippen LogP contribution in [0.1, 0.15) is 35.3 Å². The fourth-order valence-electron chi connectivity index (χ4n) is 4.34. The lowest BCUT2D eigenvalue weighted by molar-refractivity contribution is -0.114. The highest BCUT2D eigenvalue weighted by atomic mass is 32.2. The molecular weight excluding hydrogens is 488 g/mol. The number of benzene rings is 4. The van der Waals surface area contributed by atoms with Crippen molar-refractivity contribution >= 4 is 49.7 Å². The van der Waals surface area contributed by atoms with E-state index in [2.05, 4.69) is 15.8 Å². The van der Waals surface area contributed by atoms with Crippen LogP contribution in [0.25, 0.3) is 10.8 Å². The summed E-state index contributed by atoms with van der Waals surface area (Å²) < 4.78 is 27.8. The van der Waals surface area contributed by atoms with Crippen molar-refractivity contribution in [2.24, 2.45) is 5.10 Å². The summed E-state index contributed by atoms with van der Waals surface area (Å²) in [6.45, 7) is 3.34. The van der Waals surface area contributed by atoms with E-state index in [1.807, 2.05) is 30.3 Å². The van der Waals surface area contributed by atoms with Crippen LogP contribution < -0.4 is 15.0 Å². The quantitative estimate of drug-likeness (QED) is 0.289. The van der Waals surface area contributed by atoms with Crippen molar-refractivity contribution < 1.29 is 18.0 Å². The Morgan fingerprint density at radius 2 is 1.57 bits per heavy atom. The van der Waals surface area contributed by atoms with Gasteiger partial charge in [0.2, 0.25) is 5.91 Å². The van der Waals surface area contributed by atoms with Crippen molar-refractivity contribution in [1.29, 1.82) is 0 Å². The zero-order chi connectivity index (χ0) is 26.2. The van der Waals surface area contributed by atoms with E-state index in [4.69, 9.17) is 0 Å². The van der Waals surface area contributed by atoms with E-state index in [1.165, 1.54) is 11.2 Å². The Morgan fingerprint density at radius 1 is 0.865 bits per heavy atom. The normalized spacial score (nSPS) is 14.0. The number of hydrogen-bond acceptors (Lipinski definition) is 5. The highest BCUT2D eigenvalue weighted by Gasteiger charge is 2.35. The molecule has 0 aromatic heterocycles. The molecule has 4 aromatic rings. The van der Waals surface area contributed by atoms with Crippen molar-refractivity contribution in [2.75, 3.05) is 9.62 Å². The molecular formula is C28H24N4O4S. The average Bonchev–Trinajstić information content (AvgIpc) is 3.10. The smallest absolute Gasteiger partial charge is 0.271 e. The second kappa shape index (κ2) is 9.51. The molecule has 0 unspecified atom stereocenters. The first-order chi connectivity index (χ1) is 17.7. The predicted octanol–water partition coefficient (Wildman–Crippen LogP) is 4.66. The molecule has 5 rings (SSSR count). The Bertz CT molecular complexity index is 1670. The molecule has 2 amide bonds. The molecule has 37 heavy (non-hydrogen) atoms. The Kier molecular flexibility index (Phi) is 6.22. The number of rotatable bonds is 6. The topological polar surface area (TPSA) is 108 Å². The van der Waals surface area contributed by atoms with Gasteiger partial charge in [0, 0.05) is 23.6 Å². The van der Waals surface area contributed by atoms with Crippen LogP contribution >= 0.6 is 0 Å². The molecule has 0 aliphatic carbocycles. The van der Waals surface area contributed by atoms with E-state index in [9.17, 15) is 18.0 Å². The van der Waals surface area contributed by atoms with Gasteiger partial charge in [0.1, 0.15) is 0 Å². The van der Waals surface area contributed by atoms with E-state index in [0.29, 0.717) is 27.5 Å². The number of anilines is 2. The number of carbonyl (C=O) groups is 2. The van der Waals surface area contributed by atoms with Gasteiger partial charge in [-0.3, -0.25) is 13.9 Å². The van der Waals surface area contributed by atoms with E-state index >= 15 is 0 Å². The Labute approximate surface area is 214 Å². The summed E-state index contributed by atoms with van der Waals surface area (Å²) in [5.41, 5.74) is 6.31. The van der Waals surface area contributed by atoms with Gasteiger partial charge in [-0.15, -0.1) is 0 Å². The van der Waals surface area contributed by atoms with Gasteiger partial charge in [-0.1, -0.05) is 48.5 Å². The Balaban J connectivity index is 1.29. The lowest BCUT2D eigenvalue weighted by Gasteiger charge is -2.19. The summed E-state index contributed by atoms with van der Waals surface area (Å²) in [5, 5.41) is 8.51. The van der Waals surface area contributed by atoms with Crippen LogP contribution in [0.2, 0.25) is 0 Å². The average molecular weight is 513 g/mol. The molecule has 0 saturated carbocycles. The highest BCUT2D eigenvalue weighted by Crippen LogP contribution is 2.42. The summed E-state index contributed by atoms with van der Waals surface area (Å²) in [5.74, 6) is -0.567.